The lowest BCUT2D eigenvalue weighted by molar-refractivity contribution is -0.0675. The van der Waals surface area contributed by atoms with Crippen molar-refractivity contribution >= 4 is 173 Å². The van der Waals surface area contributed by atoms with Gasteiger partial charge in [-0.1, -0.05) is 103 Å². The highest BCUT2D eigenvalue weighted by Crippen LogP contribution is 2.41. The molecular weight excluding hydrogens is 1790 g/mol. The predicted octanol–water partition coefficient (Wildman–Crippen LogP) is 19.8. The minimum atomic E-state index is 0.267. The van der Waals surface area contributed by atoms with Gasteiger partial charge in [-0.05, 0) is 236 Å². The lowest BCUT2D eigenvalue weighted by Gasteiger charge is -2.40. The number of thiocarbonyl (C=S) groups is 4. The lowest BCUT2D eigenvalue weighted by atomic mass is 10.0. The van der Waals surface area contributed by atoms with Crippen molar-refractivity contribution in [2.75, 3.05) is 146 Å². The number of benzene rings is 4. The molecule has 0 amide bonds. The summed E-state index contributed by atoms with van der Waals surface area (Å²) in [6.45, 7) is 29.1. The van der Waals surface area contributed by atoms with E-state index < -0.39 is 0 Å². The summed E-state index contributed by atoms with van der Waals surface area (Å²) in [5, 5.41) is 28.1. The first-order valence-electron chi connectivity index (χ1n) is 45.9. The molecule has 0 radical (unpaired) electrons. The first-order chi connectivity index (χ1) is 64.6. The highest BCUT2D eigenvalue weighted by Gasteiger charge is 2.30. The van der Waals surface area contributed by atoms with Crippen LogP contribution in [-0.2, 0) is 43.3 Å². The van der Waals surface area contributed by atoms with E-state index in [1.165, 1.54) is 41.5 Å². The van der Waals surface area contributed by atoms with E-state index in [0.717, 1.165) is 241 Å². The third-order valence-corrected chi connectivity index (χ3v) is 26.3. The van der Waals surface area contributed by atoms with Crippen LogP contribution in [0.2, 0.25) is 10.0 Å². The molecular formula is C101H116Cl2N26OS4. The van der Waals surface area contributed by atoms with E-state index in [-0.39, 0.29) is 12.2 Å². The van der Waals surface area contributed by atoms with E-state index in [1.54, 1.807) is 6.20 Å². The number of likely N-dealkylation sites (N-methyl/N-ethyl adjacent to an activating group) is 2. The van der Waals surface area contributed by atoms with Crippen molar-refractivity contribution in [2.45, 2.75) is 151 Å². The number of halogens is 2. The Bertz CT molecular complexity index is 6350. The van der Waals surface area contributed by atoms with Crippen LogP contribution in [0.5, 0.6) is 0 Å². The van der Waals surface area contributed by atoms with E-state index in [1.807, 2.05) is 101 Å². The summed E-state index contributed by atoms with van der Waals surface area (Å²) in [7, 11) is 8.53. The molecule has 27 nitrogen and oxygen atoms in total. The summed E-state index contributed by atoms with van der Waals surface area (Å²) in [4.78, 5) is 73.6. The first-order valence-corrected chi connectivity index (χ1v) is 48.3. The summed E-state index contributed by atoms with van der Waals surface area (Å²) in [5.41, 5.74) is 27.5. The van der Waals surface area contributed by atoms with E-state index in [9.17, 15) is 0 Å². The normalized spacial score (nSPS) is 17.2. The number of anilines is 14. The molecule has 15 heterocycles. The molecule has 3 saturated heterocycles. The zero-order valence-electron chi connectivity index (χ0n) is 78.2. The van der Waals surface area contributed by atoms with Gasteiger partial charge in [-0.2, -0.15) is 0 Å². The topological polar surface area (TPSA) is 280 Å². The maximum Gasteiger partial charge on any atom is 0.227 e. The molecule has 33 heteroatoms. The van der Waals surface area contributed by atoms with Crippen molar-refractivity contribution < 1.29 is 4.74 Å². The highest BCUT2D eigenvalue weighted by atomic mass is 35.5. The van der Waals surface area contributed by atoms with Gasteiger partial charge in [0.25, 0.3) is 0 Å². The van der Waals surface area contributed by atoms with Gasteiger partial charge >= 0.3 is 0 Å². The largest absolute Gasteiger partial charge is 0.373 e. The Balaban J connectivity index is 0.000000130. The number of aryl methyl sites for hydroxylation is 6. The van der Waals surface area contributed by atoms with Crippen LogP contribution in [0.1, 0.15) is 115 Å². The SMILES string of the molecule is CCN1CCN(c2cncc(Nc3ncc4c(n3)-c3ccc(Cl)cc3NC(=S)C4)c2)C[C@@H]1C.Cc1ccc2c(c1)NC(=S)Cc1cnc(Nc3cc(CCCCN(C)C)cnc3C)nc1-2.Cc1ccc2c(c1)NC(=S)Cc1cnc(Nc3ccc(N4CCCC(N(C)C)C4)nc3C)nc1-2.Cc1ncc(CCN2CC(C)O[C@H](C)C2)cc1Nc1ncc2c(n1)-c1ccc(Cl)cc1NC(=S)C2. The van der Waals surface area contributed by atoms with Crippen molar-refractivity contribution in [1.29, 1.82) is 0 Å². The van der Waals surface area contributed by atoms with Gasteiger partial charge in [-0.3, -0.25) is 24.8 Å². The number of morpholine rings is 1. The zero-order chi connectivity index (χ0) is 94.0. The molecule has 7 aliphatic heterocycles. The van der Waals surface area contributed by atoms with Crippen LogP contribution in [0.4, 0.5) is 80.8 Å². The standard InChI is InChI=1S/C26H29ClN6OS.C26H31N7S.C25H30N6S.C24H26ClN7S/c1-15-13-33(14-16(2)34-15)7-6-18-8-22(17(3)28-11-18)31-26-29-12-19-9-24(35)30-23-10-20(27)4-5-21(23)25(19)32-26;1-16-7-8-20-22(12-16)29-24(34)13-18-14-27-26(31-25(18)20)30-21-9-10-23(28-17(21)2)33-11-5-6-19(15-33)32(3)4;1-16-8-9-20-22(11-16)28-23(32)13-19-15-27-25(30-24(19)20)29-21-12-18(14-26-17(21)2)7-5-6-10-31(3)4;1-3-31-6-7-32(14-15(31)2)19-10-18(12-26-13-19)28-24-27-11-16-8-22(33)29-21-9-17(25)4-5-20(21)23(16)30-24/h4-5,8,10-12,15-16H,6-7,9,13-14H2,1-3H3,(H,30,35)(H,29,31,32);7-10,12,14,19H,5-6,11,13,15H2,1-4H3,(H,29,34)(H,27,30,31);8-9,11-12,14-15H,5-7,10,13H2,1-4H3,(H,28,32)(H,27,29,30);4-5,9-13,15H,3,6-8,14H2,1-2H3,(H,29,33)(H,27,28,30)/t15-,16?;;;15-/m1..0/s1. The van der Waals surface area contributed by atoms with Crippen LogP contribution in [0, 0.1) is 34.6 Å². The molecule has 0 saturated carbocycles. The molecule has 8 aromatic heterocycles. The van der Waals surface area contributed by atoms with Crippen molar-refractivity contribution in [3.63, 3.8) is 0 Å². The van der Waals surface area contributed by atoms with Crippen molar-refractivity contribution in [1.82, 2.24) is 79.4 Å². The van der Waals surface area contributed by atoms with Crippen LogP contribution in [-0.4, -0.2) is 217 Å². The second-order valence-electron chi connectivity index (χ2n) is 36.0. The maximum atomic E-state index is 6.22. The van der Waals surface area contributed by atoms with Crippen LogP contribution >= 0.6 is 72.1 Å². The predicted molar refractivity (Wildman–Crippen MR) is 563 cm³/mol. The number of aromatic nitrogens is 12. The number of pyridine rings is 4. The quantitative estimate of drug-likeness (QED) is 0.0260. The van der Waals surface area contributed by atoms with Gasteiger partial charge < -0.3 is 66.9 Å². The average Bonchev–Trinajstić information content (AvgIpc) is 1.65. The van der Waals surface area contributed by atoms with Crippen LogP contribution in [0.3, 0.4) is 0 Å². The maximum absolute atomic E-state index is 6.22. The molecule has 8 N–H and O–H groups in total. The number of rotatable bonds is 20. The molecule has 12 aromatic rings. The monoisotopic (exact) mass is 1910 g/mol. The van der Waals surface area contributed by atoms with E-state index in [2.05, 4.69) is 243 Å². The smallest absolute Gasteiger partial charge is 0.227 e. The molecule has 0 spiro atoms. The molecule has 19 rings (SSSR count). The van der Waals surface area contributed by atoms with Gasteiger partial charge in [0, 0.05) is 205 Å². The van der Waals surface area contributed by atoms with Crippen molar-refractivity contribution in [2.24, 2.45) is 0 Å². The van der Waals surface area contributed by atoms with E-state index in [0.29, 0.717) is 76.6 Å². The Hall–Kier alpha value is -11.5. The fraction of sp³-hybridized carbons (Fsp3) is 0.366. The fourth-order valence-corrected chi connectivity index (χ4v) is 19.3. The van der Waals surface area contributed by atoms with Gasteiger partial charge in [-0.15, -0.1) is 0 Å². The third kappa shape index (κ3) is 24.2. The first kappa shape index (κ1) is 95.7. The number of nitrogens with one attached hydrogen (secondary N) is 8. The molecule has 4 aromatic carbocycles. The Morgan fingerprint density at radius 1 is 0.455 bits per heavy atom. The number of piperazine rings is 1. The fourth-order valence-electron chi connectivity index (χ4n) is 17.9. The molecule has 7 aliphatic rings. The molecule has 0 bridgehead atoms. The second kappa shape index (κ2) is 43.5. The summed E-state index contributed by atoms with van der Waals surface area (Å²) < 4.78 is 5.86. The third-order valence-electron chi connectivity index (χ3n) is 24.9. The van der Waals surface area contributed by atoms with E-state index >= 15 is 0 Å². The van der Waals surface area contributed by atoms with Gasteiger partial charge in [0.15, 0.2) is 0 Å². The number of hydrogen-bond acceptors (Lipinski definition) is 27. The molecule has 694 valence electrons. The lowest BCUT2D eigenvalue weighted by Crippen LogP contribution is -2.51. The van der Waals surface area contributed by atoms with Crippen molar-refractivity contribution in [3.05, 3.63) is 224 Å². The summed E-state index contributed by atoms with van der Waals surface area (Å²) in [6.07, 6.45) is 24.7. The van der Waals surface area contributed by atoms with Gasteiger partial charge in [-0.25, -0.2) is 44.9 Å². The molecule has 0 aliphatic carbocycles. The molecule has 3 fully saturated rings. The number of ether oxygens (including phenoxy) is 1. The Morgan fingerprint density at radius 3 is 1.40 bits per heavy atom. The molecule has 2 unspecified atom stereocenters. The van der Waals surface area contributed by atoms with Crippen molar-refractivity contribution in [3.8, 4) is 45.0 Å². The summed E-state index contributed by atoms with van der Waals surface area (Å²) in [6, 6.07) is 35.7. The van der Waals surface area contributed by atoms with Crippen LogP contribution < -0.4 is 52.3 Å². The number of unbranched alkanes of at least 4 members (excludes halogenated alkanes) is 1. The second-order valence-corrected chi connectivity index (χ2v) is 38.8. The highest BCUT2D eigenvalue weighted by molar-refractivity contribution is 7.81. The number of nitrogens with zero attached hydrogens (tertiary/aromatic N) is 18. The number of piperidine rings is 1. The van der Waals surface area contributed by atoms with Crippen LogP contribution in [0.25, 0.3) is 45.0 Å². The Labute approximate surface area is 817 Å². The van der Waals surface area contributed by atoms with Crippen LogP contribution in [0.15, 0.2) is 153 Å². The zero-order valence-corrected chi connectivity index (χ0v) is 83.0. The molecule has 134 heavy (non-hydrogen) atoms. The van der Waals surface area contributed by atoms with Gasteiger partial charge in [0.05, 0.1) is 113 Å². The summed E-state index contributed by atoms with van der Waals surface area (Å²) >= 11 is 34.5. The number of fused-ring (bicyclic) bond motifs is 12. The Kier molecular flexibility index (Phi) is 31.0. The summed E-state index contributed by atoms with van der Waals surface area (Å²) in [5.74, 6) is 3.20. The van der Waals surface area contributed by atoms with E-state index in [4.69, 9.17) is 102 Å². The van der Waals surface area contributed by atoms with Gasteiger partial charge in [0.2, 0.25) is 23.8 Å². The minimum absolute atomic E-state index is 0.267. The molecule has 4 atom stereocenters. The average molecular weight is 1910 g/mol. The Morgan fingerprint density at radius 2 is 0.925 bits per heavy atom. The minimum Gasteiger partial charge on any atom is -0.373 e. The van der Waals surface area contributed by atoms with Gasteiger partial charge in [0.1, 0.15) is 5.82 Å². The number of hydrogen-bond donors (Lipinski definition) is 8.